The number of nitrogens with one attached hydrogen (secondary N) is 1. The fraction of sp³-hybridized carbons (Fsp3) is 0.0625. The molecule has 1 fully saturated rings. The molecule has 0 spiro atoms. The second kappa shape index (κ2) is 7.25. The van der Waals surface area contributed by atoms with Crippen LogP contribution in [-0.2, 0) is 11.4 Å². The van der Waals surface area contributed by atoms with Gasteiger partial charge in [-0.25, -0.2) is 0 Å². The maximum absolute atomic E-state index is 11.8. The van der Waals surface area contributed by atoms with Gasteiger partial charge >= 0.3 is 0 Å². The SMILES string of the molecule is O=C1NC(=S)S/C1=C\c1cc(Br)ccc1OCc1ccccn1. The summed E-state index contributed by atoms with van der Waals surface area (Å²) in [6, 6.07) is 11.3. The van der Waals surface area contributed by atoms with Gasteiger partial charge in [-0.15, -0.1) is 0 Å². The summed E-state index contributed by atoms with van der Waals surface area (Å²) in [5.74, 6) is 0.494. The normalized spacial score (nSPS) is 15.8. The van der Waals surface area contributed by atoms with Gasteiger partial charge in [0.15, 0.2) is 0 Å². The van der Waals surface area contributed by atoms with E-state index in [2.05, 4.69) is 26.2 Å². The number of rotatable bonds is 4. The second-order valence-electron chi connectivity index (χ2n) is 4.64. The Morgan fingerprint density at radius 3 is 2.91 bits per heavy atom. The number of halogens is 1. The molecule has 0 atom stereocenters. The molecule has 23 heavy (non-hydrogen) atoms. The van der Waals surface area contributed by atoms with Crippen molar-refractivity contribution < 1.29 is 9.53 Å². The Hall–Kier alpha value is -1.70. The van der Waals surface area contributed by atoms with Crippen LogP contribution in [0.5, 0.6) is 5.75 Å². The third-order valence-electron chi connectivity index (χ3n) is 3.00. The van der Waals surface area contributed by atoms with Crippen LogP contribution in [0.15, 0.2) is 52.0 Å². The van der Waals surface area contributed by atoms with Crippen LogP contribution in [0.2, 0.25) is 0 Å². The summed E-state index contributed by atoms with van der Waals surface area (Å²) in [6.07, 6.45) is 3.50. The number of thioether (sulfide) groups is 1. The molecule has 2 heterocycles. The van der Waals surface area contributed by atoms with Crippen LogP contribution in [0.25, 0.3) is 6.08 Å². The van der Waals surface area contributed by atoms with Crippen molar-refractivity contribution in [1.82, 2.24) is 10.3 Å². The molecule has 1 aliphatic heterocycles. The highest BCUT2D eigenvalue weighted by Crippen LogP contribution is 2.31. The summed E-state index contributed by atoms with van der Waals surface area (Å²) in [4.78, 5) is 16.6. The van der Waals surface area contributed by atoms with Gasteiger partial charge in [-0.3, -0.25) is 9.78 Å². The molecule has 0 aliphatic carbocycles. The van der Waals surface area contributed by atoms with Crippen LogP contribution in [0.3, 0.4) is 0 Å². The number of hydrogen-bond acceptors (Lipinski definition) is 5. The Labute approximate surface area is 151 Å². The van der Waals surface area contributed by atoms with Crippen LogP contribution in [0, 0.1) is 0 Å². The van der Waals surface area contributed by atoms with Gasteiger partial charge in [-0.2, -0.15) is 0 Å². The molecule has 2 aromatic rings. The molecule has 116 valence electrons. The summed E-state index contributed by atoms with van der Waals surface area (Å²) in [6.45, 7) is 0.358. The van der Waals surface area contributed by atoms with Gasteiger partial charge in [-0.1, -0.05) is 46.0 Å². The number of nitrogens with zero attached hydrogens (tertiary/aromatic N) is 1. The molecular formula is C16H11BrN2O2S2. The fourth-order valence-electron chi connectivity index (χ4n) is 1.96. The highest BCUT2D eigenvalue weighted by atomic mass is 79.9. The molecule has 3 rings (SSSR count). The molecule has 1 N–H and O–H groups in total. The van der Waals surface area contributed by atoms with Crippen molar-refractivity contribution in [3.63, 3.8) is 0 Å². The summed E-state index contributed by atoms with van der Waals surface area (Å²) in [7, 11) is 0. The molecule has 7 heteroatoms. The first-order chi connectivity index (χ1) is 11.1. The van der Waals surface area contributed by atoms with Crippen molar-refractivity contribution in [2.75, 3.05) is 0 Å². The van der Waals surface area contributed by atoms with Crippen molar-refractivity contribution in [2.45, 2.75) is 6.61 Å². The zero-order valence-corrected chi connectivity index (χ0v) is 15.0. The lowest BCUT2D eigenvalue weighted by molar-refractivity contribution is -0.115. The van der Waals surface area contributed by atoms with E-state index in [1.165, 1.54) is 11.8 Å². The molecule has 1 saturated heterocycles. The van der Waals surface area contributed by atoms with E-state index in [1.807, 2.05) is 36.4 Å². The Morgan fingerprint density at radius 2 is 2.22 bits per heavy atom. The van der Waals surface area contributed by atoms with E-state index in [-0.39, 0.29) is 5.91 Å². The highest BCUT2D eigenvalue weighted by Gasteiger charge is 2.22. The van der Waals surface area contributed by atoms with Crippen LogP contribution in [0.1, 0.15) is 11.3 Å². The predicted molar refractivity (Wildman–Crippen MR) is 99.0 cm³/mol. The van der Waals surface area contributed by atoms with Crippen LogP contribution in [-0.4, -0.2) is 15.2 Å². The second-order valence-corrected chi connectivity index (χ2v) is 7.28. The first-order valence-electron chi connectivity index (χ1n) is 6.69. The molecule has 4 nitrogen and oxygen atoms in total. The fourth-order valence-corrected chi connectivity index (χ4v) is 3.37. The maximum atomic E-state index is 11.8. The molecule has 1 aromatic carbocycles. The van der Waals surface area contributed by atoms with E-state index in [0.29, 0.717) is 21.6 Å². The van der Waals surface area contributed by atoms with Crippen molar-refractivity contribution in [2.24, 2.45) is 0 Å². The third-order valence-corrected chi connectivity index (χ3v) is 4.66. The van der Waals surface area contributed by atoms with Gasteiger partial charge < -0.3 is 10.1 Å². The minimum absolute atomic E-state index is 0.185. The molecule has 0 radical (unpaired) electrons. The summed E-state index contributed by atoms with van der Waals surface area (Å²) < 4.78 is 7.22. The Kier molecular flexibility index (Phi) is 5.09. The topological polar surface area (TPSA) is 51.2 Å². The number of hydrogen-bond donors (Lipinski definition) is 1. The van der Waals surface area contributed by atoms with Crippen LogP contribution in [0.4, 0.5) is 0 Å². The lowest BCUT2D eigenvalue weighted by atomic mass is 10.2. The predicted octanol–water partition coefficient (Wildman–Crippen LogP) is 3.91. The Morgan fingerprint density at radius 1 is 1.35 bits per heavy atom. The molecule has 0 saturated carbocycles. The number of thiocarbonyl (C=S) groups is 1. The van der Waals surface area contributed by atoms with Crippen molar-refractivity contribution in [1.29, 1.82) is 0 Å². The first-order valence-corrected chi connectivity index (χ1v) is 8.71. The number of pyridine rings is 1. The molecule has 0 bridgehead atoms. The average Bonchev–Trinajstić information content (AvgIpc) is 2.85. The van der Waals surface area contributed by atoms with Gasteiger partial charge in [-0.05, 0) is 36.4 Å². The van der Waals surface area contributed by atoms with Gasteiger partial charge in [0.2, 0.25) is 0 Å². The lowest BCUT2D eigenvalue weighted by Gasteiger charge is -2.10. The average molecular weight is 407 g/mol. The monoisotopic (exact) mass is 406 g/mol. The summed E-state index contributed by atoms with van der Waals surface area (Å²) >= 11 is 9.69. The van der Waals surface area contributed by atoms with Gasteiger partial charge in [0.25, 0.3) is 5.91 Å². The van der Waals surface area contributed by atoms with Crippen molar-refractivity contribution in [3.05, 3.63) is 63.2 Å². The van der Waals surface area contributed by atoms with E-state index >= 15 is 0 Å². The lowest BCUT2D eigenvalue weighted by Crippen LogP contribution is -2.17. The number of aromatic nitrogens is 1. The minimum atomic E-state index is -0.185. The number of ether oxygens (including phenoxy) is 1. The summed E-state index contributed by atoms with van der Waals surface area (Å²) in [5, 5.41) is 2.60. The number of carbonyl (C=O) groups is 1. The van der Waals surface area contributed by atoms with E-state index in [9.17, 15) is 4.79 Å². The third kappa shape index (κ3) is 4.19. The quantitative estimate of drug-likeness (QED) is 0.615. The molecular weight excluding hydrogens is 396 g/mol. The first kappa shape index (κ1) is 16.2. The molecule has 1 aliphatic rings. The van der Waals surface area contributed by atoms with E-state index < -0.39 is 0 Å². The minimum Gasteiger partial charge on any atom is -0.487 e. The van der Waals surface area contributed by atoms with Gasteiger partial charge in [0.1, 0.15) is 16.7 Å². The zero-order valence-electron chi connectivity index (χ0n) is 11.8. The molecule has 0 unspecified atom stereocenters. The van der Waals surface area contributed by atoms with E-state index in [4.69, 9.17) is 17.0 Å². The van der Waals surface area contributed by atoms with E-state index in [1.54, 1.807) is 12.3 Å². The largest absolute Gasteiger partial charge is 0.487 e. The van der Waals surface area contributed by atoms with Crippen molar-refractivity contribution >= 4 is 56.2 Å². The molecule has 1 amide bonds. The Bertz CT molecular complexity index is 794. The van der Waals surface area contributed by atoms with Crippen molar-refractivity contribution in [3.8, 4) is 5.75 Å². The Balaban J connectivity index is 1.85. The zero-order chi connectivity index (χ0) is 16.2. The molecule has 1 aromatic heterocycles. The highest BCUT2D eigenvalue weighted by molar-refractivity contribution is 9.10. The number of carbonyl (C=O) groups excluding carboxylic acids is 1. The van der Waals surface area contributed by atoms with Crippen LogP contribution < -0.4 is 10.1 Å². The van der Waals surface area contributed by atoms with Gasteiger partial charge in [0.05, 0.1) is 10.6 Å². The summed E-state index contributed by atoms with van der Waals surface area (Å²) in [5.41, 5.74) is 1.64. The van der Waals surface area contributed by atoms with Gasteiger partial charge in [0, 0.05) is 16.2 Å². The smallest absolute Gasteiger partial charge is 0.263 e. The number of benzene rings is 1. The maximum Gasteiger partial charge on any atom is 0.263 e. The van der Waals surface area contributed by atoms with Crippen LogP contribution >= 0.6 is 39.9 Å². The van der Waals surface area contributed by atoms with E-state index in [0.717, 1.165) is 15.7 Å². The number of amides is 1. The standard InChI is InChI=1S/C16H11BrN2O2S2/c17-11-4-5-13(21-9-12-3-1-2-6-18-12)10(7-11)8-14-15(20)19-16(22)23-14/h1-8H,9H2,(H,19,20,22)/b14-8-.